The van der Waals surface area contributed by atoms with Gasteiger partial charge in [-0.15, -0.1) is 0 Å². The molecule has 2 unspecified atom stereocenters. The zero-order chi connectivity index (χ0) is 17.8. The molecule has 1 amide bonds. The third-order valence-corrected chi connectivity index (χ3v) is 5.56. The van der Waals surface area contributed by atoms with Crippen LogP contribution in [-0.2, 0) is 11.2 Å². The molecule has 7 heteroatoms. The highest BCUT2D eigenvalue weighted by molar-refractivity contribution is 7.09. The number of aromatic nitrogens is 2. The van der Waals surface area contributed by atoms with Crippen molar-refractivity contribution in [2.24, 2.45) is 11.7 Å². The number of nitrogens with zero attached hydrogens (tertiary/aromatic N) is 4. The number of piperazine rings is 1. The molecule has 2 N–H and O–H groups in total. The van der Waals surface area contributed by atoms with Gasteiger partial charge in [-0.05, 0) is 5.56 Å². The van der Waals surface area contributed by atoms with Crippen LogP contribution in [0.2, 0.25) is 0 Å². The second kappa shape index (κ2) is 7.93. The summed E-state index contributed by atoms with van der Waals surface area (Å²) < 4.78 is 4.34. The molecule has 1 aromatic heterocycles. The van der Waals surface area contributed by atoms with E-state index in [0.717, 1.165) is 36.0 Å². The Morgan fingerprint density at radius 3 is 2.52 bits per heavy atom. The van der Waals surface area contributed by atoms with Crippen LogP contribution in [0.25, 0.3) is 0 Å². The van der Waals surface area contributed by atoms with E-state index < -0.39 is 0 Å². The Bertz CT molecular complexity index is 697. The van der Waals surface area contributed by atoms with E-state index in [-0.39, 0.29) is 17.9 Å². The molecular formula is C18H25N5OS. The van der Waals surface area contributed by atoms with Gasteiger partial charge < -0.3 is 15.5 Å². The van der Waals surface area contributed by atoms with Crippen LogP contribution in [0.3, 0.4) is 0 Å². The molecular weight excluding hydrogens is 334 g/mol. The summed E-state index contributed by atoms with van der Waals surface area (Å²) in [4.78, 5) is 21.5. The van der Waals surface area contributed by atoms with Crippen LogP contribution in [-0.4, -0.2) is 46.3 Å². The van der Waals surface area contributed by atoms with Gasteiger partial charge in [-0.1, -0.05) is 44.2 Å². The van der Waals surface area contributed by atoms with E-state index in [2.05, 4.69) is 21.2 Å². The SMILES string of the molecule is CCc1nsc(N2CCN(C(=O)C(C)C(N)c3ccccc3)CC2)n1. The molecule has 1 aliphatic rings. The summed E-state index contributed by atoms with van der Waals surface area (Å²) in [7, 11) is 0. The number of carbonyl (C=O) groups excluding carboxylic acids is 1. The lowest BCUT2D eigenvalue weighted by Crippen LogP contribution is -2.51. The van der Waals surface area contributed by atoms with E-state index in [4.69, 9.17) is 5.73 Å². The number of rotatable bonds is 5. The summed E-state index contributed by atoms with van der Waals surface area (Å²) >= 11 is 1.44. The molecule has 1 fully saturated rings. The highest BCUT2D eigenvalue weighted by atomic mass is 32.1. The first-order chi connectivity index (χ1) is 12.1. The molecule has 0 aliphatic carbocycles. The van der Waals surface area contributed by atoms with E-state index in [0.29, 0.717) is 13.1 Å². The molecule has 2 aromatic rings. The Kier molecular flexibility index (Phi) is 5.65. The van der Waals surface area contributed by atoms with Gasteiger partial charge in [-0.25, -0.2) is 4.98 Å². The molecule has 2 heterocycles. The first-order valence-corrected chi connectivity index (χ1v) is 9.54. The lowest BCUT2D eigenvalue weighted by molar-refractivity contribution is -0.136. The average Bonchev–Trinajstić information content (AvgIpc) is 3.16. The molecule has 0 saturated carbocycles. The van der Waals surface area contributed by atoms with Gasteiger partial charge in [0.25, 0.3) is 0 Å². The summed E-state index contributed by atoms with van der Waals surface area (Å²) in [5.41, 5.74) is 7.31. The van der Waals surface area contributed by atoms with Crippen molar-refractivity contribution >= 4 is 22.6 Å². The molecule has 6 nitrogen and oxygen atoms in total. The largest absolute Gasteiger partial charge is 0.343 e. The van der Waals surface area contributed by atoms with Crippen LogP contribution in [0.1, 0.15) is 31.3 Å². The van der Waals surface area contributed by atoms with Gasteiger partial charge in [0.05, 0.1) is 5.92 Å². The van der Waals surface area contributed by atoms with Crippen molar-refractivity contribution in [1.82, 2.24) is 14.3 Å². The standard InChI is InChI=1S/C18H25N5OS/c1-3-15-20-18(25-21-15)23-11-9-22(10-12-23)17(24)13(2)16(19)14-7-5-4-6-8-14/h4-8,13,16H,3,9-12,19H2,1-2H3. The third kappa shape index (κ3) is 3.99. The quantitative estimate of drug-likeness (QED) is 0.885. The maximum absolute atomic E-state index is 12.8. The van der Waals surface area contributed by atoms with E-state index in [1.54, 1.807) is 0 Å². The monoisotopic (exact) mass is 359 g/mol. The summed E-state index contributed by atoms with van der Waals surface area (Å²) in [5.74, 6) is 0.783. The van der Waals surface area contributed by atoms with Gasteiger partial charge in [-0.2, -0.15) is 4.37 Å². The molecule has 0 bridgehead atoms. The van der Waals surface area contributed by atoms with Crippen molar-refractivity contribution in [3.63, 3.8) is 0 Å². The molecule has 134 valence electrons. The predicted octanol–water partition coefficient (Wildman–Crippen LogP) is 2.09. The second-order valence-electron chi connectivity index (χ2n) is 6.38. The minimum atomic E-state index is -0.276. The summed E-state index contributed by atoms with van der Waals surface area (Å²) in [6.07, 6.45) is 0.851. The first-order valence-electron chi connectivity index (χ1n) is 8.77. The van der Waals surface area contributed by atoms with Crippen molar-refractivity contribution in [3.05, 3.63) is 41.7 Å². The van der Waals surface area contributed by atoms with Gasteiger partial charge in [-0.3, -0.25) is 4.79 Å². The summed E-state index contributed by atoms with van der Waals surface area (Å²) in [6, 6.07) is 9.55. The molecule has 25 heavy (non-hydrogen) atoms. The number of benzene rings is 1. The number of carbonyl (C=O) groups is 1. The number of amides is 1. The van der Waals surface area contributed by atoms with Gasteiger partial charge in [0, 0.05) is 50.2 Å². The van der Waals surface area contributed by atoms with Gasteiger partial charge >= 0.3 is 0 Å². The van der Waals surface area contributed by atoms with Crippen molar-refractivity contribution in [2.45, 2.75) is 26.3 Å². The molecule has 2 atom stereocenters. The van der Waals surface area contributed by atoms with E-state index in [9.17, 15) is 4.79 Å². The number of aryl methyl sites for hydroxylation is 1. The Hall–Kier alpha value is -1.99. The molecule has 0 spiro atoms. The molecule has 0 radical (unpaired) electrons. The lowest BCUT2D eigenvalue weighted by Gasteiger charge is -2.36. The predicted molar refractivity (Wildman–Crippen MR) is 101 cm³/mol. The third-order valence-electron chi connectivity index (χ3n) is 4.75. The fraction of sp³-hybridized carbons (Fsp3) is 0.500. The fourth-order valence-electron chi connectivity index (χ4n) is 3.04. The van der Waals surface area contributed by atoms with Gasteiger partial charge in [0.1, 0.15) is 5.82 Å². The van der Waals surface area contributed by atoms with Crippen LogP contribution < -0.4 is 10.6 Å². The maximum Gasteiger partial charge on any atom is 0.227 e. The Morgan fingerprint density at radius 2 is 1.92 bits per heavy atom. The van der Waals surface area contributed by atoms with Crippen molar-refractivity contribution < 1.29 is 4.79 Å². The Morgan fingerprint density at radius 1 is 1.24 bits per heavy atom. The summed E-state index contributed by atoms with van der Waals surface area (Å²) in [5, 5.41) is 0.956. The Balaban J connectivity index is 1.57. The lowest BCUT2D eigenvalue weighted by atomic mass is 9.94. The van der Waals surface area contributed by atoms with E-state index >= 15 is 0 Å². The zero-order valence-electron chi connectivity index (χ0n) is 14.8. The van der Waals surface area contributed by atoms with Crippen LogP contribution in [0.15, 0.2) is 30.3 Å². The number of anilines is 1. The van der Waals surface area contributed by atoms with Crippen LogP contribution >= 0.6 is 11.5 Å². The maximum atomic E-state index is 12.8. The fourth-order valence-corrected chi connectivity index (χ4v) is 3.84. The molecule has 1 aliphatic heterocycles. The normalized spacial score (nSPS) is 17.4. The van der Waals surface area contributed by atoms with Crippen LogP contribution in [0, 0.1) is 5.92 Å². The highest BCUT2D eigenvalue weighted by Gasteiger charge is 2.29. The van der Waals surface area contributed by atoms with Crippen molar-refractivity contribution in [3.8, 4) is 0 Å². The van der Waals surface area contributed by atoms with Crippen LogP contribution in [0.4, 0.5) is 5.13 Å². The highest BCUT2D eigenvalue weighted by Crippen LogP contribution is 2.23. The first kappa shape index (κ1) is 17.8. The topological polar surface area (TPSA) is 75.4 Å². The minimum absolute atomic E-state index is 0.127. The number of nitrogens with two attached hydrogens (primary N) is 1. The van der Waals surface area contributed by atoms with Gasteiger partial charge in [0.2, 0.25) is 11.0 Å². The smallest absolute Gasteiger partial charge is 0.227 e. The number of hydrogen-bond acceptors (Lipinski definition) is 6. The zero-order valence-corrected chi connectivity index (χ0v) is 15.6. The average molecular weight is 359 g/mol. The van der Waals surface area contributed by atoms with Crippen molar-refractivity contribution in [2.75, 3.05) is 31.1 Å². The molecule has 3 rings (SSSR count). The summed E-state index contributed by atoms with van der Waals surface area (Å²) in [6.45, 7) is 6.96. The van der Waals surface area contributed by atoms with Crippen LogP contribution in [0.5, 0.6) is 0 Å². The van der Waals surface area contributed by atoms with E-state index in [1.165, 1.54) is 11.5 Å². The second-order valence-corrected chi connectivity index (χ2v) is 7.11. The van der Waals surface area contributed by atoms with E-state index in [1.807, 2.05) is 42.2 Å². The Labute approximate surface area is 152 Å². The van der Waals surface area contributed by atoms with Gasteiger partial charge in [0.15, 0.2) is 0 Å². The minimum Gasteiger partial charge on any atom is -0.343 e. The molecule has 1 saturated heterocycles. The molecule has 1 aromatic carbocycles. The van der Waals surface area contributed by atoms with Crippen molar-refractivity contribution in [1.29, 1.82) is 0 Å². The number of hydrogen-bond donors (Lipinski definition) is 1.